The lowest BCUT2D eigenvalue weighted by Crippen LogP contribution is -2.30. The maximum absolute atomic E-state index is 11.7. The summed E-state index contributed by atoms with van der Waals surface area (Å²) in [7, 11) is -3.60. The molecule has 8 heteroatoms. The first-order valence-corrected chi connectivity index (χ1v) is 8.11. The Morgan fingerprint density at radius 3 is 2.71 bits per heavy atom. The lowest BCUT2D eigenvalue weighted by atomic mass is 10.3. The van der Waals surface area contributed by atoms with E-state index < -0.39 is 16.2 Å². The van der Waals surface area contributed by atoms with Crippen molar-refractivity contribution >= 4 is 21.9 Å². The van der Waals surface area contributed by atoms with Crippen LogP contribution in [0.15, 0.2) is 24.3 Å². The van der Waals surface area contributed by atoms with Crippen molar-refractivity contribution in [2.45, 2.75) is 20.3 Å². The molecule has 7 nitrogen and oxygen atoms in total. The van der Waals surface area contributed by atoms with Crippen LogP contribution in [-0.2, 0) is 19.7 Å². The Morgan fingerprint density at radius 1 is 1.29 bits per heavy atom. The van der Waals surface area contributed by atoms with Crippen LogP contribution < -0.4 is 14.2 Å². The molecular weight excluding hydrogens is 296 g/mol. The average Bonchev–Trinajstić information content (AvgIpc) is 2.43. The number of hydrogen-bond donors (Lipinski definition) is 2. The second kappa shape index (κ2) is 8.48. The van der Waals surface area contributed by atoms with Gasteiger partial charge in [0.1, 0.15) is 5.75 Å². The zero-order valence-electron chi connectivity index (χ0n) is 12.1. The number of anilines is 1. The second-order valence-electron chi connectivity index (χ2n) is 4.12. The van der Waals surface area contributed by atoms with E-state index in [1.165, 1.54) is 6.07 Å². The summed E-state index contributed by atoms with van der Waals surface area (Å²) < 4.78 is 38.1. The van der Waals surface area contributed by atoms with Gasteiger partial charge in [0.2, 0.25) is 0 Å². The molecular formula is C13H20N2O5S. The smallest absolute Gasteiger partial charge is 0.344 e. The van der Waals surface area contributed by atoms with Crippen molar-refractivity contribution in [1.82, 2.24) is 4.72 Å². The largest absolute Gasteiger partial charge is 0.482 e. The number of nitrogens with one attached hydrogen (secondary N) is 2. The van der Waals surface area contributed by atoms with Gasteiger partial charge in [0.05, 0.1) is 12.3 Å². The minimum Gasteiger partial charge on any atom is -0.482 e. The summed E-state index contributed by atoms with van der Waals surface area (Å²) in [6.45, 7) is 3.99. The third-order valence-corrected chi connectivity index (χ3v) is 3.38. The fraction of sp³-hybridized carbons (Fsp3) is 0.462. The molecule has 1 aromatic rings. The maximum atomic E-state index is 11.7. The number of esters is 1. The van der Waals surface area contributed by atoms with Gasteiger partial charge in [0.15, 0.2) is 6.61 Å². The molecule has 0 bridgehead atoms. The summed E-state index contributed by atoms with van der Waals surface area (Å²) in [5.41, 5.74) is 0.347. The van der Waals surface area contributed by atoms with Crippen molar-refractivity contribution in [2.24, 2.45) is 0 Å². The van der Waals surface area contributed by atoms with Crippen LogP contribution in [-0.4, -0.2) is 34.1 Å². The molecule has 0 radical (unpaired) electrons. The molecule has 0 unspecified atom stereocenters. The molecule has 0 saturated heterocycles. The molecule has 0 aromatic heterocycles. The highest BCUT2D eigenvalue weighted by molar-refractivity contribution is 7.90. The summed E-state index contributed by atoms with van der Waals surface area (Å²) in [4.78, 5) is 11.2. The fourth-order valence-corrected chi connectivity index (χ4v) is 2.40. The first-order valence-electron chi connectivity index (χ1n) is 6.62. The van der Waals surface area contributed by atoms with Gasteiger partial charge in [-0.05, 0) is 25.5 Å². The molecule has 118 valence electrons. The molecule has 0 fully saturated rings. The molecule has 0 aliphatic carbocycles. The van der Waals surface area contributed by atoms with Crippen molar-refractivity contribution in [3.05, 3.63) is 24.3 Å². The quantitative estimate of drug-likeness (QED) is 0.669. The van der Waals surface area contributed by atoms with E-state index >= 15 is 0 Å². The molecule has 1 aromatic carbocycles. The molecule has 21 heavy (non-hydrogen) atoms. The standard InChI is InChI=1S/C13H20N2O5S/c1-3-8-14-21(17,18)15-11-6-5-7-12(9-11)20-10-13(16)19-4-2/h5-7,9,14-15H,3-4,8,10H2,1-2H3. The van der Waals surface area contributed by atoms with Gasteiger partial charge in [-0.15, -0.1) is 0 Å². The Morgan fingerprint density at radius 2 is 2.05 bits per heavy atom. The van der Waals surface area contributed by atoms with E-state index in [0.29, 0.717) is 24.4 Å². The number of carbonyl (C=O) groups is 1. The molecule has 0 amide bonds. The SMILES string of the molecule is CCCNS(=O)(=O)Nc1cccc(OCC(=O)OCC)c1. The minimum atomic E-state index is -3.60. The Hall–Kier alpha value is -1.80. The highest BCUT2D eigenvalue weighted by atomic mass is 32.2. The number of hydrogen-bond acceptors (Lipinski definition) is 5. The van der Waals surface area contributed by atoms with Crippen molar-refractivity contribution in [3.63, 3.8) is 0 Å². The van der Waals surface area contributed by atoms with Gasteiger partial charge in [0, 0.05) is 12.6 Å². The van der Waals surface area contributed by atoms with Gasteiger partial charge < -0.3 is 9.47 Å². The second-order valence-corrected chi connectivity index (χ2v) is 5.62. The number of ether oxygens (including phenoxy) is 2. The molecule has 0 aliphatic rings. The van der Waals surface area contributed by atoms with E-state index in [2.05, 4.69) is 9.44 Å². The van der Waals surface area contributed by atoms with E-state index in [4.69, 9.17) is 9.47 Å². The normalized spacial score (nSPS) is 11.0. The molecule has 0 spiro atoms. The maximum Gasteiger partial charge on any atom is 0.344 e. The molecule has 0 heterocycles. The van der Waals surface area contributed by atoms with Crippen LogP contribution in [0.4, 0.5) is 5.69 Å². The van der Waals surface area contributed by atoms with Gasteiger partial charge in [0.25, 0.3) is 10.2 Å². The first-order chi connectivity index (χ1) is 9.96. The molecule has 0 atom stereocenters. The number of benzene rings is 1. The summed E-state index contributed by atoms with van der Waals surface area (Å²) in [6.07, 6.45) is 0.698. The molecule has 1 rings (SSSR count). The van der Waals surface area contributed by atoms with Crippen molar-refractivity contribution < 1.29 is 22.7 Å². The van der Waals surface area contributed by atoms with Gasteiger partial charge in [-0.1, -0.05) is 13.0 Å². The van der Waals surface area contributed by atoms with Crippen LogP contribution in [0.2, 0.25) is 0 Å². The Labute approximate surface area is 124 Å². The fourth-order valence-electron chi connectivity index (χ4n) is 1.42. The Kier molecular flexibility index (Phi) is 6.97. The topological polar surface area (TPSA) is 93.7 Å². The summed E-state index contributed by atoms with van der Waals surface area (Å²) in [5.74, 6) is -0.105. The Bertz CT molecular complexity index is 559. The lowest BCUT2D eigenvalue weighted by molar-refractivity contribution is -0.145. The van der Waals surface area contributed by atoms with Gasteiger partial charge in [-0.25, -0.2) is 4.79 Å². The van der Waals surface area contributed by atoms with Crippen molar-refractivity contribution in [3.8, 4) is 5.75 Å². The Balaban J connectivity index is 2.62. The van der Waals surface area contributed by atoms with E-state index in [0.717, 1.165) is 0 Å². The van der Waals surface area contributed by atoms with Crippen LogP contribution in [0, 0.1) is 0 Å². The predicted molar refractivity (Wildman–Crippen MR) is 79.4 cm³/mol. The highest BCUT2D eigenvalue weighted by Crippen LogP contribution is 2.18. The van der Waals surface area contributed by atoms with E-state index in [-0.39, 0.29) is 13.2 Å². The van der Waals surface area contributed by atoms with Crippen molar-refractivity contribution in [2.75, 3.05) is 24.5 Å². The molecule has 0 saturated carbocycles. The summed E-state index contributed by atoms with van der Waals surface area (Å²) in [5, 5.41) is 0. The monoisotopic (exact) mass is 316 g/mol. The number of carbonyl (C=O) groups excluding carboxylic acids is 1. The summed E-state index contributed by atoms with van der Waals surface area (Å²) >= 11 is 0. The first kappa shape index (κ1) is 17.3. The van der Waals surface area contributed by atoms with Crippen LogP contribution >= 0.6 is 0 Å². The zero-order chi connectivity index (χ0) is 15.7. The number of rotatable bonds is 9. The van der Waals surface area contributed by atoms with E-state index in [1.807, 2.05) is 6.92 Å². The van der Waals surface area contributed by atoms with Crippen LogP contribution in [0.3, 0.4) is 0 Å². The van der Waals surface area contributed by atoms with Gasteiger partial charge in [-0.2, -0.15) is 13.1 Å². The van der Waals surface area contributed by atoms with Gasteiger partial charge >= 0.3 is 5.97 Å². The van der Waals surface area contributed by atoms with Crippen LogP contribution in [0.5, 0.6) is 5.75 Å². The minimum absolute atomic E-state index is 0.224. The predicted octanol–water partition coefficient (Wildman–Crippen LogP) is 1.28. The summed E-state index contributed by atoms with van der Waals surface area (Å²) in [6, 6.07) is 6.32. The third kappa shape index (κ3) is 6.96. The third-order valence-electron chi connectivity index (χ3n) is 2.29. The van der Waals surface area contributed by atoms with Crippen LogP contribution in [0.1, 0.15) is 20.3 Å². The molecule has 2 N–H and O–H groups in total. The average molecular weight is 316 g/mol. The van der Waals surface area contributed by atoms with Crippen LogP contribution in [0.25, 0.3) is 0 Å². The van der Waals surface area contributed by atoms with E-state index in [1.54, 1.807) is 25.1 Å². The highest BCUT2D eigenvalue weighted by Gasteiger charge is 2.09. The zero-order valence-corrected chi connectivity index (χ0v) is 12.9. The van der Waals surface area contributed by atoms with Crippen molar-refractivity contribution in [1.29, 1.82) is 0 Å². The van der Waals surface area contributed by atoms with Gasteiger partial charge in [-0.3, -0.25) is 4.72 Å². The lowest BCUT2D eigenvalue weighted by Gasteiger charge is -2.10. The van der Waals surface area contributed by atoms with E-state index in [9.17, 15) is 13.2 Å². The molecule has 0 aliphatic heterocycles.